The SMILES string of the molecule is CCc1ccc(CC)c(CNC(=O)Nc2cccc(Cl)c2)c1. The molecule has 2 aromatic rings. The van der Waals surface area contributed by atoms with Crippen molar-refractivity contribution < 1.29 is 4.79 Å². The smallest absolute Gasteiger partial charge is 0.319 e. The van der Waals surface area contributed by atoms with Crippen molar-refractivity contribution in [2.24, 2.45) is 0 Å². The summed E-state index contributed by atoms with van der Waals surface area (Å²) in [5.41, 5.74) is 4.40. The predicted octanol–water partition coefficient (Wildman–Crippen LogP) is 4.79. The molecule has 2 N–H and O–H groups in total. The van der Waals surface area contributed by atoms with Gasteiger partial charge in [-0.1, -0.05) is 49.7 Å². The van der Waals surface area contributed by atoms with Crippen LogP contribution in [-0.4, -0.2) is 6.03 Å². The Bertz CT molecular complexity index is 655. The zero-order valence-electron chi connectivity index (χ0n) is 12.9. The molecule has 0 aliphatic carbocycles. The van der Waals surface area contributed by atoms with Crippen molar-refractivity contribution in [3.8, 4) is 0 Å². The first kappa shape index (κ1) is 16.4. The Hall–Kier alpha value is -2.00. The van der Waals surface area contributed by atoms with E-state index in [0.717, 1.165) is 12.8 Å². The maximum atomic E-state index is 12.0. The number of benzene rings is 2. The summed E-state index contributed by atoms with van der Waals surface area (Å²) in [5.74, 6) is 0. The molecule has 2 rings (SSSR count). The highest BCUT2D eigenvalue weighted by molar-refractivity contribution is 6.30. The second kappa shape index (κ2) is 7.85. The number of hydrogen-bond donors (Lipinski definition) is 2. The van der Waals surface area contributed by atoms with Crippen LogP contribution < -0.4 is 10.6 Å². The van der Waals surface area contributed by atoms with Gasteiger partial charge in [-0.25, -0.2) is 4.79 Å². The van der Waals surface area contributed by atoms with Crippen LogP contribution in [0.3, 0.4) is 0 Å². The van der Waals surface area contributed by atoms with Gasteiger partial charge in [0.1, 0.15) is 0 Å². The van der Waals surface area contributed by atoms with Crippen LogP contribution in [0.5, 0.6) is 0 Å². The molecule has 0 atom stereocenters. The number of carbonyl (C=O) groups excluding carboxylic acids is 1. The van der Waals surface area contributed by atoms with Gasteiger partial charge in [0.15, 0.2) is 0 Å². The molecule has 0 aromatic heterocycles. The number of carbonyl (C=O) groups is 1. The van der Waals surface area contributed by atoms with Crippen molar-refractivity contribution in [3.05, 3.63) is 64.2 Å². The first-order valence-corrected chi connectivity index (χ1v) is 7.91. The van der Waals surface area contributed by atoms with E-state index in [1.165, 1.54) is 16.7 Å². The molecule has 3 nitrogen and oxygen atoms in total. The molecule has 116 valence electrons. The van der Waals surface area contributed by atoms with E-state index >= 15 is 0 Å². The summed E-state index contributed by atoms with van der Waals surface area (Å²) in [4.78, 5) is 12.0. The quantitative estimate of drug-likeness (QED) is 0.818. The molecule has 0 saturated heterocycles. The molecule has 2 amide bonds. The average molecular weight is 317 g/mol. The summed E-state index contributed by atoms with van der Waals surface area (Å²) in [6.07, 6.45) is 1.95. The van der Waals surface area contributed by atoms with Crippen molar-refractivity contribution in [1.82, 2.24) is 5.32 Å². The third kappa shape index (κ3) is 4.50. The summed E-state index contributed by atoms with van der Waals surface area (Å²) >= 11 is 5.90. The molecular formula is C18H21ClN2O. The molecule has 0 unspecified atom stereocenters. The van der Waals surface area contributed by atoms with E-state index in [-0.39, 0.29) is 6.03 Å². The van der Waals surface area contributed by atoms with Crippen molar-refractivity contribution in [3.63, 3.8) is 0 Å². The van der Waals surface area contributed by atoms with E-state index in [4.69, 9.17) is 11.6 Å². The molecule has 0 aliphatic heterocycles. The molecule has 22 heavy (non-hydrogen) atoms. The average Bonchev–Trinajstić information content (AvgIpc) is 2.52. The number of nitrogens with one attached hydrogen (secondary N) is 2. The lowest BCUT2D eigenvalue weighted by atomic mass is 10.0. The van der Waals surface area contributed by atoms with Gasteiger partial charge in [0.05, 0.1) is 0 Å². The first-order chi connectivity index (χ1) is 10.6. The Morgan fingerprint density at radius 1 is 1.05 bits per heavy atom. The summed E-state index contributed by atoms with van der Waals surface area (Å²) in [7, 11) is 0. The van der Waals surface area contributed by atoms with E-state index < -0.39 is 0 Å². The number of urea groups is 1. The lowest BCUT2D eigenvalue weighted by molar-refractivity contribution is 0.251. The van der Waals surface area contributed by atoms with E-state index in [0.29, 0.717) is 17.3 Å². The number of amides is 2. The Kier molecular flexibility index (Phi) is 5.84. The Balaban J connectivity index is 1.98. The summed E-state index contributed by atoms with van der Waals surface area (Å²) < 4.78 is 0. The van der Waals surface area contributed by atoms with Gasteiger partial charge < -0.3 is 10.6 Å². The van der Waals surface area contributed by atoms with Gasteiger partial charge in [-0.2, -0.15) is 0 Å². The molecule has 2 aromatic carbocycles. The molecule has 0 heterocycles. The van der Waals surface area contributed by atoms with Gasteiger partial charge in [0.25, 0.3) is 0 Å². The lowest BCUT2D eigenvalue weighted by Gasteiger charge is -2.12. The van der Waals surface area contributed by atoms with Crippen LogP contribution in [-0.2, 0) is 19.4 Å². The molecular weight excluding hydrogens is 296 g/mol. The minimum Gasteiger partial charge on any atom is -0.334 e. The number of rotatable bonds is 5. The van der Waals surface area contributed by atoms with Crippen LogP contribution in [0.25, 0.3) is 0 Å². The van der Waals surface area contributed by atoms with Gasteiger partial charge in [0, 0.05) is 17.3 Å². The van der Waals surface area contributed by atoms with Crippen molar-refractivity contribution in [2.45, 2.75) is 33.2 Å². The number of aryl methyl sites for hydroxylation is 2. The van der Waals surface area contributed by atoms with Gasteiger partial charge in [-0.05, 0) is 47.7 Å². The Morgan fingerprint density at radius 3 is 2.55 bits per heavy atom. The van der Waals surface area contributed by atoms with Crippen LogP contribution in [0.2, 0.25) is 5.02 Å². The second-order valence-corrected chi connectivity index (χ2v) is 5.56. The fourth-order valence-electron chi connectivity index (χ4n) is 2.33. The van der Waals surface area contributed by atoms with Crippen molar-refractivity contribution >= 4 is 23.3 Å². The molecule has 0 aliphatic rings. The number of anilines is 1. The number of halogens is 1. The fourth-order valence-corrected chi connectivity index (χ4v) is 2.52. The highest BCUT2D eigenvalue weighted by atomic mass is 35.5. The summed E-state index contributed by atoms with van der Waals surface area (Å²) in [5, 5.41) is 6.28. The number of hydrogen-bond acceptors (Lipinski definition) is 1. The molecule has 4 heteroatoms. The maximum Gasteiger partial charge on any atom is 0.319 e. The zero-order chi connectivity index (χ0) is 15.9. The summed E-state index contributed by atoms with van der Waals surface area (Å²) in [6, 6.07) is 13.3. The Labute approximate surface area is 136 Å². The van der Waals surface area contributed by atoms with Crippen LogP contribution in [0.15, 0.2) is 42.5 Å². The van der Waals surface area contributed by atoms with Crippen LogP contribution in [0.4, 0.5) is 10.5 Å². The molecule has 0 fully saturated rings. The monoisotopic (exact) mass is 316 g/mol. The first-order valence-electron chi connectivity index (χ1n) is 7.53. The lowest BCUT2D eigenvalue weighted by Crippen LogP contribution is -2.28. The second-order valence-electron chi connectivity index (χ2n) is 5.13. The fraction of sp³-hybridized carbons (Fsp3) is 0.278. The highest BCUT2D eigenvalue weighted by Gasteiger charge is 2.06. The zero-order valence-corrected chi connectivity index (χ0v) is 13.7. The largest absolute Gasteiger partial charge is 0.334 e. The van der Waals surface area contributed by atoms with Gasteiger partial charge in [-0.15, -0.1) is 0 Å². The van der Waals surface area contributed by atoms with Crippen LogP contribution >= 0.6 is 11.6 Å². The van der Waals surface area contributed by atoms with E-state index in [9.17, 15) is 4.79 Å². The van der Waals surface area contributed by atoms with Crippen LogP contribution in [0, 0.1) is 0 Å². The topological polar surface area (TPSA) is 41.1 Å². The Morgan fingerprint density at radius 2 is 1.86 bits per heavy atom. The molecule has 0 saturated carbocycles. The van der Waals surface area contributed by atoms with E-state index in [1.54, 1.807) is 24.3 Å². The minimum absolute atomic E-state index is 0.230. The predicted molar refractivity (Wildman–Crippen MR) is 92.5 cm³/mol. The molecule has 0 bridgehead atoms. The van der Waals surface area contributed by atoms with Gasteiger partial charge >= 0.3 is 6.03 Å². The van der Waals surface area contributed by atoms with E-state index in [1.807, 2.05) is 0 Å². The summed E-state index contributed by atoms with van der Waals surface area (Å²) in [6.45, 7) is 4.77. The third-order valence-corrected chi connectivity index (χ3v) is 3.82. The third-order valence-electron chi connectivity index (χ3n) is 3.58. The van der Waals surface area contributed by atoms with Crippen molar-refractivity contribution in [1.29, 1.82) is 0 Å². The van der Waals surface area contributed by atoms with E-state index in [2.05, 4.69) is 42.7 Å². The highest BCUT2D eigenvalue weighted by Crippen LogP contribution is 2.15. The maximum absolute atomic E-state index is 12.0. The molecule has 0 radical (unpaired) electrons. The van der Waals surface area contributed by atoms with Crippen LogP contribution in [0.1, 0.15) is 30.5 Å². The normalized spacial score (nSPS) is 10.3. The minimum atomic E-state index is -0.230. The molecule has 0 spiro atoms. The standard InChI is InChI=1S/C18H21ClN2O/c1-3-13-8-9-14(4-2)15(10-13)12-20-18(22)21-17-7-5-6-16(19)11-17/h5-11H,3-4,12H2,1-2H3,(H2,20,21,22). The van der Waals surface area contributed by atoms with Crippen molar-refractivity contribution in [2.75, 3.05) is 5.32 Å². The van der Waals surface area contributed by atoms with Gasteiger partial charge in [-0.3, -0.25) is 0 Å². The van der Waals surface area contributed by atoms with Gasteiger partial charge in [0.2, 0.25) is 0 Å².